The smallest absolute Gasteiger partial charge is 0.165 e. The van der Waals surface area contributed by atoms with Crippen molar-refractivity contribution in [2.45, 2.75) is 24.2 Å². The fourth-order valence-corrected chi connectivity index (χ4v) is 3.15. The molecule has 3 nitrogen and oxygen atoms in total. The van der Waals surface area contributed by atoms with E-state index in [0.29, 0.717) is 6.04 Å². The average Bonchev–Trinajstić information content (AvgIpc) is 3.12. The molecule has 0 N–H and O–H groups in total. The second kappa shape index (κ2) is 5.06. The molecule has 0 radical (unpaired) electrons. The number of aromatic nitrogens is 3. The highest BCUT2D eigenvalue weighted by atomic mass is 79.9. The fraction of sp³-hybridized carbons (Fsp3) is 0.333. The Morgan fingerprint density at radius 3 is 2.67 bits per heavy atom. The van der Waals surface area contributed by atoms with E-state index in [1.54, 1.807) is 0 Å². The lowest BCUT2D eigenvalue weighted by Crippen LogP contribution is -2.02. The number of hydrogen-bond donors (Lipinski definition) is 0. The van der Waals surface area contributed by atoms with Crippen molar-refractivity contribution in [1.82, 2.24) is 14.8 Å². The van der Waals surface area contributed by atoms with Crippen molar-refractivity contribution in [3.05, 3.63) is 33.0 Å². The maximum atomic E-state index is 4.35. The van der Waals surface area contributed by atoms with Gasteiger partial charge in [-0.15, -0.1) is 10.2 Å². The van der Waals surface area contributed by atoms with Crippen molar-refractivity contribution in [3.63, 3.8) is 0 Å². The van der Waals surface area contributed by atoms with E-state index in [9.17, 15) is 0 Å². The molecule has 1 heterocycles. The van der Waals surface area contributed by atoms with E-state index < -0.39 is 0 Å². The minimum Gasteiger partial charge on any atom is -0.307 e. The van der Waals surface area contributed by atoms with Crippen LogP contribution in [0.3, 0.4) is 0 Å². The van der Waals surface area contributed by atoms with E-state index in [1.807, 2.05) is 12.1 Å². The van der Waals surface area contributed by atoms with Gasteiger partial charge in [-0.25, -0.2) is 0 Å². The van der Waals surface area contributed by atoms with Gasteiger partial charge in [-0.05, 0) is 31.0 Å². The Kier molecular flexibility index (Phi) is 3.60. The third-order valence-corrected chi connectivity index (χ3v) is 4.65. The highest BCUT2D eigenvalue weighted by Crippen LogP contribution is 2.41. The van der Waals surface area contributed by atoms with Gasteiger partial charge in [-0.1, -0.05) is 47.8 Å². The first-order chi connectivity index (χ1) is 8.70. The molecule has 1 fully saturated rings. The number of benzene rings is 1. The molecule has 1 aliphatic rings. The van der Waals surface area contributed by atoms with E-state index in [0.717, 1.165) is 31.5 Å². The SMILES string of the molecule is BrCc1nnc(-c2cc(Br)ccc2Br)n1C1CC1. The fourth-order valence-electron chi connectivity index (χ4n) is 1.98. The van der Waals surface area contributed by atoms with Crippen LogP contribution in [0.1, 0.15) is 24.7 Å². The Labute approximate surface area is 130 Å². The van der Waals surface area contributed by atoms with Gasteiger partial charge in [0.1, 0.15) is 5.82 Å². The van der Waals surface area contributed by atoms with Crippen molar-refractivity contribution in [2.75, 3.05) is 0 Å². The third-order valence-electron chi connectivity index (χ3n) is 2.97. The lowest BCUT2D eigenvalue weighted by Gasteiger charge is -2.09. The Balaban J connectivity index is 2.16. The first-order valence-corrected chi connectivity index (χ1v) is 8.36. The van der Waals surface area contributed by atoms with Gasteiger partial charge in [0.15, 0.2) is 5.82 Å². The van der Waals surface area contributed by atoms with Gasteiger partial charge in [0.2, 0.25) is 0 Å². The molecule has 0 atom stereocenters. The normalized spacial score (nSPS) is 15.1. The van der Waals surface area contributed by atoms with Crippen LogP contribution in [0.25, 0.3) is 11.4 Å². The molecule has 1 aliphatic carbocycles. The van der Waals surface area contributed by atoms with Crippen LogP contribution < -0.4 is 0 Å². The van der Waals surface area contributed by atoms with Gasteiger partial charge in [0.25, 0.3) is 0 Å². The van der Waals surface area contributed by atoms with Crippen LogP contribution in [-0.4, -0.2) is 14.8 Å². The van der Waals surface area contributed by atoms with Crippen LogP contribution in [0.2, 0.25) is 0 Å². The molecule has 18 heavy (non-hydrogen) atoms. The second-order valence-corrected chi connectivity index (χ2v) is 6.63. The number of hydrogen-bond acceptors (Lipinski definition) is 2. The zero-order chi connectivity index (χ0) is 12.7. The van der Waals surface area contributed by atoms with Gasteiger partial charge in [0.05, 0.1) is 5.33 Å². The maximum Gasteiger partial charge on any atom is 0.165 e. The molecule has 0 bridgehead atoms. The molecule has 0 aliphatic heterocycles. The van der Waals surface area contributed by atoms with Crippen molar-refractivity contribution < 1.29 is 0 Å². The highest BCUT2D eigenvalue weighted by Gasteiger charge is 2.30. The number of halogens is 3. The zero-order valence-electron chi connectivity index (χ0n) is 9.41. The van der Waals surface area contributed by atoms with Crippen LogP contribution in [0, 0.1) is 0 Å². The first kappa shape index (κ1) is 12.8. The van der Waals surface area contributed by atoms with Crippen molar-refractivity contribution in [3.8, 4) is 11.4 Å². The monoisotopic (exact) mass is 433 g/mol. The van der Waals surface area contributed by atoms with Gasteiger partial charge >= 0.3 is 0 Å². The molecule has 0 spiro atoms. The Hall–Kier alpha value is -0.200. The third kappa shape index (κ3) is 2.30. The minimum atomic E-state index is 0.563. The van der Waals surface area contributed by atoms with E-state index in [-0.39, 0.29) is 0 Å². The van der Waals surface area contributed by atoms with Gasteiger partial charge in [-0.3, -0.25) is 0 Å². The zero-order valence-corrected chi connectivity index (χ0v) is 14.2. The average molecular weight is 436 g/mol. The summed E-state index contributed by atoms with van der Waals surface area (Å²) in [7, 11) is 0. The summed E-state index contributed by atoms with van der Waals surface area (Å²) >= 11 is 10.6. The molecular weight excluding hydrogens is 426 g/mol. The summed E-state index contributed by atoms with van der Waals surface area (Å²) < 4.78 is 4.34. The van der Waals surface area contributed by atoms with E-state index in [2.05, 4.69) is 68.6 Å². The van der Waals surface area contributed by atoms with Crippen molar-refractivity contribution >= 4 is 47.8 Å². The molecule has 1 aromatic heterocycles. The van der Waals surface area contributed by atoms with Crippen molar-refractivity contribution in [2.24, 2.45) is 0 Å². The molecule has 3 rings (SSSR count). The predicted octanol–water partition coefficient (Wildman–Crippen LogP) is 4.70. The quantitative estimate of drug-likeness (QED) is 0.654. The second-order valence-electron chi connectivity index (χ2n) is 4.30. The maximum absolute atomic E-state index is 4.35. The standard InChI is InChI=1S/C12H10Br3N3/c13-6-11-16-17-12(18(11)8-2-3-8)9-5-7(14)1-4-10(9)15/h1,4-5,8H,2-3,6H2. The van der Waals surface area contributed by atoms with Crippen molar-refractivity contribution in [1.29, 1.82) is 0 Å². The van der Waals surface area contributed by atoms with Gasteiger partial charge in [0, 0.05) is 20.6 Å². The Bertz CT molecular complexity index is 590. The highest BCUT2D eigenvalue weighted by molar-refractivity contribution is 9.11. The van der Waals surface area contributed by atoms with Gasteiger partial charge in [-0.2, -0.15) is 0 Å². The number of alkyl halides is 1. The lowest BCUT2D eigenvalue weighted by atomic mass is 10.2. The largest absolute Gasteiger partial charge is 0.307 e. The van der Waals surface area contributed by atoms with Gasteiger partial charge < -0.3 is 4.57 Å². The van der Waals surface area contributed by atoms with Crippen LogP contribution >= 0.6 is 47.8 Å². The molecule has 2 aromatic rings. The summed E-state index contributed by atoms with van der Waals surface area (Å²) in [5.41, 5.74) is 1.08. The summed E-state index contributed by atoms with van der Waals surface area (Å²) in [5, 5.41) is 9.36. The summed E-state index contributed by atoms with van der Waals surface area (Å²) in [5.74, 6) is 1.94. The van der Waals surface area contributed by atoms with Crippen LogP contribution in [-0.2, 0) is 5.33 Å². The summed E-state index contributed by atoms with van der Waals surface area (Å²) in [6.07, 6.45) is 2.44. The van der Waals surface area contributed by atoms with Crippen LogP contribution in [0.4, 0.5) is 0 Å². The number of nitrogens with zero attached hydrogens (tertiary/aromatic N) is 3. The molecule has 6 heteroatoms. The minimum absolute atomic E-state index is 0.563. The molecule has 0 unspecified atom stereocenters. The van der Waals surface area contributed by atoms with E-state index in [4.69, 9.17) is 0 Å². The summed E-state index contributed by atoms with van der Waals surface area (Å²) in [6.45, 7) is 0. The molecule has 1 aromatic carbocycles. The summed E-state index contributed by atoms with van der Waals surface area (Å²) in [4.78, 5) is 0. The van der Waals surface area contributed by atoms with Crippen LogP contribution in [0.15, 0.2) is 27.1 Å². The predicted molar refractivity (Wildman–Crippen MR) is 81.8 cm³/mol. The number of rotatable bonds is 3. The topological polar surface area (TPSA) is 30.7 Å². The molecular formula is C12H10Br3N3. The first-order valence-electron chi connectivity index (χ1n) is 5.66. The van der Waals surface area contributed by atoms with Crippen LogP contribution in [0.5, 0.6) is 0 Å². The Morgan fingerprint density at radius 1 is 1.22 bits per heavy atom. The summed E-state index contributed by atoms with van der Waals surface area (Å²) in [6, 6.07) is 6.68. The molecule has 1 saturated carbocycles. The molecule has 0 saturated heterocycles. The molecule has 0 amide bonds. The van der Waals surface area contributed by atoms with E-state index >= 15 is 0 Å². The van der Waals surface area contributed by atoms with E-state index in [1.165, 1.54) is 12.8 Å². The lowest BCUT2D eigenvalue weighted by molar-refractivity contribution is 0.714. The Morgan fingerprint density at radius 2 is 2.00 bits per heavy atom. The molecule has 94 valence electrons.